The summed E-state index contributed by atoms with van der Waals surface area (Å²) in [7, 11) is -4.20. The summed E-state index contributed by atoms with van der Waals surface area (Å²) in [6.07, 6.45) is 6.21. The van der Waals surface area contributed by atoms with Crippen molar-refractivity contribution in [1.29, 1.82) is 0 Å². The van der Waals surface area contributed by atoms with E-state index in [2.05, 4.69) is 6.58 Å². The Morgan fingerprint density at radius 3 is 1.38 bits per heavy atom. The molecule has 0 fully saturated rings. The van der Waals surface area contributed by atoms with E-state index in [9.17, 15) is 13.0 Å². The van der Waals surface area contributed by atoms with Crippen LogP contribution in [-0.4, -0.2) is 38.5 Å². The normalized spacial score (nSPS) is 10.8. The van der Waals surface area contributed by atoms with Crippen LogP contribution in [0, 0.1) is 0 Å². The average molecular weight is 549 g/mol. The first-order valence-corrected chi connectivity index (χ1v) is 13.8. The second-order valence-corrected chi connectivity index (χ2v) is 9.92. The summed E-state index contributed by atoms with van der Waals surface area (Å²) in [6.45, 7) is 5.34. The third kappa shape index (κ3) is 12.6. The van der Waals surface area contributed by atoms with Crippen LogP contribution >= 0.6 is 0 Å². The van der Waals surface area contributed by atoms with Crippen molar-refractivity contribution < 1.29 is 78.6 Å². The second-order valence-electron chi connectivity index (χ2n) is 8.40. The van der Waals surface area contributed by atoms with Crippen molar-refractivity contribution in [1.82, 2.24) is 0 Å². The molecule has 0 atom stereocenters. The molecule has 0 aliphatic heterocycles. The molecular weight excluding hydrogens is 515 g/mol. The largest absolute Gasteiger partial charge is 1.00 e. The van der Waals surface area contributed by atoms with Crippen molar-refractivity contribution in [2.75, 3.05) is 25.6 Å². The molecule has 0 unspecified atom stereocenters. The molecule has 3 aromatic rings. The third-order valence-corrected chi connectivity index (χ3v) is 6.33. The first-order chi connectivity index (χ1) is 17.4. The Labute approximate surface area is 263 Å². The number of rotatable bonds is 16. The molecule has 0 saturated carbocycles. The Hall–Kier alpha value is -1.65. The van der Waals surface area contributed by atoms with E-state index in [4.69, 9.17) is 14.2 Å². The molecule has 3 rings (SSSR count). The molecule has 0 N–H and O–H groups in total. The van der Waals surface area contributed by atoms with E-state index in [0.717, 1.165) is 53.9 Å². The van der Waals surface area contributed by atoms with Crippen molar-refractivity contribution >= 4 is 16.2 Å². The van der Waals surface area contributed by atoms with E-state index in [1.165, 1.54) is 0 Å². The van der Waals surface area contributed by atoms with E-state index in [1.54, 1.807) is 0 Å². The number of hydrogen-bond donors (Lipinski definition) is 0. The summed E-state index contributed by atoms with van der Waals surface area (Å²) < 4.78 is 49.0. The Morgan fingerprint density at radius 1 is 0.622 bits per heavy atom. The van der Waals surface area contributed by atoms with Crippen LogP contribution in [-0.2, 0) is 10.1 Å². The maximum Gasteiger partial charge on any atom is 1.00 e. The average Bonchev–Trinajstić information content (AvgIpc) is 2.89. The molecule has 0 saturated heterocycles. The molecule has 3 aromatic carbocycles. The Balaban J connectivity index is 0.00000481. The molecule has 37 heavy (non-hydrogen) atoms. The van der Waals surface area contributed by atoms with Crippen molar-refractivity contribution in [3.8, 4) is 28.4 Å². The fourth-order valence-electron chi connectivity index (χ4n) is 3.55. The van der Waals surface area contributed by atoms with Crippen molar-refractivity contribution in [2.45, 2.75) is 32.1 Å². The van der Waals surface area contributed by atoms with Crippen LogP contribution < -0.4 is 65.6 Å². The monoisotopic (exact) mass is 548 g/mol. The molecule has 0 spiro atoms. The standard InChI is InChI=1S/C29H34O6S.K/c1-2-24-8-14-27(15-9-24)33-20-5-3-4-6-21-34-28-16-10-25(11-17-28)26-12-18-29(19-13-26)35-22-7-23-36(30,31)32;/h2,8-19H,1,3-7,20-23H2,(H,30,31,32);/q;+1/p-1. The van der Waals surface area contributed by atoms with Gasteiger partial charge < -0.3 is 18.8 Å². The van der Waals surface area contributed by atoms with Gasteiger partial charge >= 0.3 is 51.4 Å². The molecule has 0 aliphatic carbocycles. The van der Waals surface area contributed by atoms with Crippen LogP contribution in [0.2, 0.25) is 0 Å². The number of ether oxygens (including phenoxy) is 3. The smallest absolute Gasteiger partial charge is 0.748 e. The minimum atomic E-state index is -4.20. The van der Waals surface area contributed by atoms with Crippen LogP contribution in [0.3, 0.4) is 0 Å². The minimum absolute atomic E-state index is 0. The predicted octanol–water partition coefficient (Wildman–Crippen LogP) is 3.33. The van der Waals surface area contributed by atoms with Crippen LogP contribution in [0.5, 0.6) is 17.2 Å². The Bertz CT molecular complexity index is 1160. The van der Waals surface area contributed by atoms with Gasteiger partial charge in [-0.25, -0.2) is 8.42 Å². The van der Waals surface area contributed by atoms with Gasteiger partial charge in [0.1, 0.15) is 17.2 Å². The van der Waals surface area contributed by atoms with Gasteiger partial charge in [0.05, 0.1) is 29.9 Å². The van der Waals surface area contributed by atoms with Crippen LogP contribution in [0.1, 0.15) is 37.7 Å². The molecule has 0 aliphatic rings. The summed E-state index contributed by atoms with van der Waals surface area (Å²) in [5.41, 5.74) is 3.19. The van der Waals surface area contributed by atoms with E-state index in [0.29, 0.717) is 19.0 Å². The number of unbranched alkanes of at least 4 members (excludes halogenated alkanes) is 3. The predicted molar refractivity (Wildman–Crippen MR) is 143 cm³/mol. The maximum absolute atomic E-state index is 10.6. The number of benzene rings is 3. The molecule has 192 valence electrons. The number of hydrogen-bond acceptors (Lipinski definition) is 6. The molecule has 8 heteroatoms. The first-order valence-electron chi connectivity index (χ1n) is 12.2. The van der Waals surface area contributed by atoms with E-state index < -0.39 is 15.9 Å². The summed E-state index contributed by atoms with van der Waals surface area (Å²) in [5.74, 6) is 1.96. The topological polar surface area (TPSA) is 84.9 Å². The Morgan fingerprint density at radius 2 is 1.00 bits per heavy atom. The third-order valence-electron chi connectivity index (χ3n) is 5.54. The fraction of sp³-hybridized carbons (Fsp3) is 0.310. The quantitative estimate of drug-likeness (QED) is 0.155. The Kier molecular flexibility index (Phi) is 14.5. The van der Waals surface area contributed by atoms with Gasteiger partial charge in [-0.05, 0) is 85.2 Å². The summed E-state index contributed by atoms with van der Waals surface area (Å²) >= 11 is 0. The van der Waals surface area contributed by atoms with Crippen molar-refractivity contribution in [3.63, 3.8) is 0 Å². The van der Waals surface area contributed by atoms with Gasteiger partial charge in [-0.15, -0.1) is 0 Å². The van der Waals surface area contributed by atoms with Crippen LogP contribution in [0.25, 0.3) is 17.2 Å². The zero-order valence-electron chi connectivity index (χ0n) is 21.4. The maximum atomic E-state index is 10.6. The molecule has 0 radical (unpaired) electrons. The molecule has 0 amide bonds. The van der Waals surface area contributed by atoms with Gasteiger partial charge in [0.15, 0.2) is 0 Å². The van der Waals surface area contributed by atoms with Gasteiger partial charge in [-0.2, -0.15) is 0 Å². The van der Waals surface area contributed by atoms with E-state index >= 15 is 0 Å². The van der Waals surface area contributed by atoms with Gasteiger partial charge in [0, 0.05) is 5.75 Å². The molecule has 6 nitrogen and oxygen atoms in total. The molecule has 0 heterocycles. The SMILES string of the molecule is C=Cc1ccc(OCCCCCCOc2ccc(-c3ccc(OCCCS(=O)(=O)[O-])cc3)cc2)cc1.[K+]. The zero-order valence-corrected chi connectivity index (χ0v) is 25.4. The van der Waals surface area contributed by atoms with E-state index in [-0.39, 0.29) is 64.4 Å². The van der Waals surface area contributed by atoms with Crippen LogP contribution in [0.4, 0.5) is 0 Å². The summed E-state index contributed by atoms with van der Waals surface area (Å²) in [5, 5.41) is 0. The first kappa shape index (κ1) is 31.6. The van der Waals surface area contributed by atoms with Gasteiger partial charge in [0.2, 0.25) is 0 Å². The van der Waals surface area contributed by atoms with Gasteiger partial charge in [-0.3, -0.25) is 0 Å². The van der Waals surface area contributed by atoms with Gasteiger partial charge in [0.25, 0.3) is 0 Å². The second kappa shape index (κ2) is 17.0. The summed E-state index contributed by atoms with van der Waals surface area (Å²) in [4.78, 5) is 0. The molecular formula is C29H33KO6S. The van der Waals surface area contributed by atoms with Crippen molar-refractivity contribution in [3.05, 3.63) is 84.9 Å². The molecule has 0 bridgehead atoms. The fourth-order valence-corrected chi connectivity index (χ4v) is 4.02. The van der Waals surface area contributed by atoms with Crippen molar-refractivity contribution in [2.24, 2.45) is 0 Å². The summed E-state index contributed by atoms with van der Waals surface area (Å²) in [6, 6.07) is 23.4. The zero-order chi connectivity index (χ0) is 25.6. The van der Waals surface area contributed by atoms with E-state index in [1.807, 2.05) is 78.9 Å². The van der Waals surface area contributed by atoms with Crippen LogP contribution in [0.15, 0.2) is 79.4 Å². The van der Waals surface area contributed by atoms with Gasteiger partial charge in [-0.1, -0.05) is 49.1 Å². The molecule has 0 aromatic heterocycles. The minimum Gasteiger partial charge on any atom is -0.748 e.